The number of carbonyl (C=O) groups excluding carboxylic acids is 1. The predicted molar refractivity (Wildman–Crippen MR) is 86.0 cm³/mol. The van der Waals surface area contributed by atoms with Gasteiger partial charge in [-0.1, -0.05) is 51.3 Å². The zero-order valence-corrected chi connectivity index (χ0v) is 13.7. The number of amides is 1. The number of hydrogen-bond donors (Lipinski definition) is 1. The van der Waals surface area contributed by atoms with E-state index in [1.807, 2.05) is 0 Å². The second-order valence-electron chi connectivity index (χ2n) is 4.75. The normalized spacial score (nSPS) is 14.8. The van der Waals surface area contributed by atoms with Crippen molar-refractivity contribution in [3.63, 3.8) is 0 Å². The van der Waals surface area contributed by atoms with Crippen LogP contribution in [0.2, 0.25) is 10.0 Å². The molecule has 0 radical (unpaired) electrons. The molecule has 2 nitrogen and oxygen atoms in total. The summed E-state index contributed by atoms with van der Waals surface area (Å²) in [5, 5.41) is 3.49. The molecule has 0 bridgehead atoms. The lowest BCUT2D eigenvalue weighted by molar-refractivity contribution is -0.115. The van der Waals surface area contributed by atoms with Crippen LogP contribution in [0.1, 0.15) is 21.5 Å². The molecule has 1 N–H and O–H groups in total. The Morgan fingerprint density at radius 1 is 1.24 bits per heavy atom. The van der Waals surface area contributed by atoms with E-state index in [1.165, 1.54) is 6.07 Å². The Balaban J connectivity index is 2.09. The summed E-state index contributed by atoms with van der Waals surface area (Å²) in [5.74, 6) is -0.483. The lowest BCUT2D eigenvalue weighted by Gasteiger charge is -2.16. The molecule has 108 valence electrons. The van der Waals surface area contributed by atoms with Gasteiger partial charge in [0.05, 0.1) is 11.2 Å². The predicted octanol–water partition coefficient (Wildman–Crippen LogP) is 5.11. The molecule has 1 heterocycles. The van der Waals surface area contributed by atoms with Crippen LogP contribution in [-0.4, -0.2) is 5.91 Å². The second kappa shape index (κ2) is 5.59. The molecular weight excluding hydrogens is 380 g/mol. The lowest BCUT2D eigenvalue weighted by Crippen LogP contribution is -2.03. The SMILES string of the molecule is O=C1Cc2cc(C(Br)c3c(F)cccc3Cl)c(Cl)cc2N1. The molecule has 0 aromatic heterocycles. The number of rotatable bonds is 2. The van der Waals surface area contributed by atoms with Gasteiger partial charge in [0, 0.05) is 21.3 Å². The third kappa shape index (κ3) is 2.68. The first-order valence-electron chi connectivity index (χ1n) is 6.17. The van der Waals surface area contributed by atoms with Crippen molar-refractivity contribution < 1.29 is 9.18 Å². The number of fused-ring (bicyclic) bond motifs is 1. The number of anilines is 1. The zero-order valence-electron chi connectivity index (χ0n) is 10.6. The van der Waals surface area contributed by atoms with E-state index in [2.05, 4.69) is 21.2 Å². The van der Waals surface area contributed by atoms with Gasteiger partial charge in [-0.05, 0) is 29.3 Å². The molecule has 1 aliphatic rings. The summed E-state index contributed by atoms with van der Waals surface area (Å²) in [5.41, 5.74) is 2.56. The summed E-state index contributed by atoms with van der Waals surface area (Å²) in [6.07, 6.45) is 0.296. The second-order valence-corrected chi connectivity index (χ2v) is 6.48. The third-order valence-electron chi connectivity index (χ3n) is 3.37. The van der Waals surface area contributed by atoms with Gasteiger partial charge in [0.1, 0.15) is 5.82 Å². The van der Waals surface area contributed by atoms with Crippen molar-refractivity contribution in [2.45, 2.75) is 11.2 Å². The van der Waals surface area contributed by atoms with Gasteiger partial charge in [0.25, 0.3) is 0 Å². The molecule has 3 rings (SSSR count). The summed E-state index contributed by atoms with van der Waals surface area (Å²) in [6.45, 7) is 0. The molecule has 1 aliphatic heterocycles. The van der Waals surface area contributed by atoms with Crippen LogP contribution in [0.15, 0.2) is 30.3 Å². The smallest absolute Gasteiger partial charge is 0.228 e. The summed E-state index contributed by atoms with van der Waals surface area (Å²) in [6, 6.07) is 8.01. The molecule has 1 unspecified atom stereocenters. The quantitative estimate of drug-likeness (QED) is 0.711. The van der Waals surface area contributed by atoms with Gasteiger partial charge in [-0.15, -0.1) is 0 Å². The number of hydrogen-bond acceptors (Lipinski definition) is 1. The van der Waals surface area contributed by atoms with Gasteiger partial charge < -0.3 is 5.32 Å². The molecule has 0 spiro atoms. The average Bonchev–Trinajstić information content (AvgIpc) is 2.76. The molecular formula is C15H9BrCl2FNO. The third-order valence-corrected chi connectivity index (χ3v) is 4.98. The van der Waals surface area contributed by atoms with E-state index in [1.54, 1.807) is 24.3 Å². The topological polar surface area (TPSA) is 29.1 Å². The molecule has 0 saturated heterocycles. The number of alkyl halides is 1. The number of nitrogens with one attached hydrogen (secondary N) is 1. The molecule has 0 saturated carbocycles. The fraction of sp³-hybridized carbons (Fsp3) is 0.133. The van der Waals surface area contributed by atoms with Crippen LogP contribution >= 0.6 is 39.1 Å². The fourth-order valence-corrected chi connectivity index (χ4v) is 4.02. The number of benzene rings is 2. The van der Waals surface area contributed by atoms with Crippen molar-refractivity contribution in [3.8, 4) is 0 Å². The fourth-order valence-electron chi connectivity index (χ4n) is 2.37. The van der Waals surface area contributed by atoms with Gasteiger partial charge in [0.2, 0.25) is 5.91 Å². The van der Waals surface area contributed by atoms with Crippen molar-refractivity contribution in [2.75, 3.05) is 5.32 Å². The van der Waals surface area contributed by atoms with E-state index < -0.39 is 10.6 Å². The van der Waals surface area contributed by atoms with E-state index in [0.717, 1.165) is 5.56 Å². The Labute approximate surface area is 139 Å². The Kier molecular flexibility index (Phi) is 3.95. The van der Waals surface area contributed by atoms with Crippen molar-refractivity contribution in [1.29, 1.82) is 0 Å². The van der Waals surface area contributed by atoms with Crippen LogP contribution in [0.25, 0.3) is 0 Å². The first kappa shape index (κ1) is 14.8. The van der Waals surface area contributed by atoms with Gasteiger partial charge in [-0.2, -0.15) is 0 Å². The first-order valence-corrected chi connectivity index (χ1v) is 7.84. The highest BCUT2D eigenvalue weighted by Gasteiger charge is 2.25. The molecule has 0 fully saturated rings. The molecule has 2 aromatic rings. The van der Waals surface area contributed by atoms with Gasteiger partial charge in [-0.25, -0.2) is 4.39 Å². The van der Waals surface area contributed by atoms with Gasteiger partial charge in [-0.3, -0.25) is 4.79 Å². The maximum absolute atomic E-state index is 14.0. The summed E-state index contributed by atoms with van der Waals surface area (Å²) < 4.78 is 14.0. The Morgan fingerprint density at radius 3 is 2.71 bits per heavy atom. The average molecular weight is 389 g/mol. The number of halogens is 4. The zero-order chi connectivity index (χ0) is 15.1. The minimum atomic E-state index is -0.486. The lowest BCUT2D eigenvalue weighted by atomic mass is 10.0. The first-order chi connectivity index (χ1) is 9.97. The van der Waals surface area contributed by atoms with Crippen LogP contribution < -0.4 is 5.32 Å². The minimum absolute atomic E-state index is 0.0757. The van der Waals surface area contributed by atoms with E-state index >= 15 is 0 Å². The van der Waals surface area contributed by atoms with Crippen molar-refractivity contribution in [3.05, 3.63) is 62.9 Å². The van der Waals surface area contributed by atoms with Crippen molar-refractivity contribution in [1.82, 2.24) is 0 Å². The Hall–Kier alpha value is -1.10. The van der Waals surface area contributed by atoms with E-state index in [-0.39, 0.29) is 5.91 Å². The molecule has 1 amide bonds. The Bertz CT molecular complexity index is 730. The maximum atomic E-state index is 14.0. The molecule has 6 heteroatoms. The number of carbonyl (C=O) groups is 1. The highest BCUT2D eigenvalue weighted by Crippen LogP contribution is 2.42. The van der Waals surface area contributed by atoms with Crippen LogP contribution in [0.3, 0.4) is 0 Å². The molecule has 2 aromatic carbocycles. The largest absolute Gasteiger partial charge is 0.325 e. The molecule has 1 atom stereocenters. The van der Waals surface area contributed by atoms with E-state index in [4.69, 9.17) is 23.2 Å². The molecule has 21 heavy (non-hydrogen) atoms. The van der Waals surface area contributed by atoms with E-state index in [0.29, 0.717) is 33.3 Å². The summed E-state index contributed by atoms with van der Waals surface area (Å²) in [7, 11) is 0. The Morgan fingerprint density at radius 2 is 2.00 bits per heavy atom. The van der Waals surface area contributed by atoms with Crippen molar-refractivity contribution in [2.24, 2.45) is 0 Å². The highest BCUT2D eigenvalue weighted by atomic mass is 79.9. The standard InChI is InChI=1S/C15H9BrCl2FNO/c16-15(14-9(17)2-1-3-11(14)19)8-4-7-5-13(21)20-12(7)6-10(8)18/h1-4,6,15H,5H2,(H,20,21). The van der Waals surface area contributed by atoms with E-state index in [9.17, 15) is 9.18 Å². The van der Waals surface area contributed by atoms with Crippen molar-refractivity contribution >= 4 is 50.7 Å². The molecule has 0 aliphatic carbocycles. The summed E-state index contributed by atoms with van der Waals surface area (Å²) in [4.78, 5) is 10.9. The monoisotopic (exact) mass is 387 g/mol. The van der Waals surface area contributed by atoms with Crippen LogP contribution in [0.5, 0.6) is 0 Å². The summed E-state index contributed by atoms with van der Waals surface area (Å²) >= 11 is 15.8. The van der Waals surface area contributed by atoms with Gasteiger partial charge >= 0.3 is 0 Å². The van der Waals surface area contributed by atoms with Crippen LogP contribution in [0.4, 0.5) is 10.1 Å². The van der Waals surface area contributed by atoms with Gasteiger partial charge in [0.15, 0.2) is 0 Å². The maximum Gasteiger partial charge on any atom is 0.228 e. The highest BCUT2D eigenvalue weighted by molar-refractivity contribution is 9.09. The van der Waals surface area contributed by atoms with Crippen LogP contribution in [0, 0.1) is 5.82 Å². The minimum Gasteiger partial charge on any atom is -0.325 e. The van der Waals surface area contributed by atoms with Crippen LogP contribution in [-0.2, 0) is 11.2 Å².